The standard InChI is InChI=1S/C23H14FN7O/c24-13-6-12(7-14(32)8-13)15-2-1-3-17-21(15)29-23(28-17)22-16-9-18(20-10-25-4-5-26-20)27-11-19(16)30-31-22/h1-11,32H,(H,28,29)(H,30,31). The van der Waals surface area contributed by atoms with Crippen molar-refractivity contribution in [1.82, 2.24) is 35.1 Å². The molecule has 0 aliphatic rings. The molecule has 154 valence electrons. The van der Waals surface area contributed by atoms with E-state index < -0.39 is 5.82 Å². The van der Waals surface area contributed by atoms with Crippen LogP contribution in [-0.2, 0) is 0 Å². The third-order valence-corrected chi connectivity index (χ3v) is 5.20. The lowest BCUT2D eigenvalue weighted by atomic mass is 10.0. The van der Waals surface area contributed by atoms with Gasteiger partial charge in [0.05, 0.1) is 34.6 Å². The molecule has 0 spiro atoms. The van der Waals surface area contributed by atoms with Crippen molar-refractivity contribution in [2.45, 2.75) is 0 Å². The van der Waals surface area contributed by atoms with E-state index in [1.807, 2.05) is 24.3 Å². The van der Waals surface area contributed by atoms with E-state index in [9.17, 15) is 9.50 Å². The number of nitrogens with one attached hydrogen (secondary N) is 2. The van der Waals surface area contributed by atoms with Gasteiger partial charge >= 0.3 is 0 Å². The number of aromatic hydroxyl groups is 1. The maximum Gasteiger partial charge on any atom is 0.159 e. The summed E-state index contributed by atoms with van der Waals surface area (Å²) in [6.07, 6.45) is 6.56. The van der Waals surface area contributed by atoms with E-state index in [1.54, 1.807) is 24.8 Å². The molecule has 0 atom stereocenters. The van der Waals surface area contributed by atoms with Crippen LogP contribution in [0, 0.1) is 5.82 Å². The fourth-order valence-electron chi connectivity index (χ4n) is 3.78. The van der Waals surface area contributed by atoms with Crippen molar-refractivity contribution < 1.29 is 9.50 Å². The van der Waals surface area contributed by atoms with E-state index in [1.165, 1.54) is 12.1 Å². The summed E-state index contributed by atoms with van der Waals surface area (Å²) >= 11 is 0. The lowest BCUT2D eigenvalue weighted by Crippen LogP contribution is -1.88. The second-order valence-electron chi connectivity index (χ2n) is 7.26. The van der Waals surface area contributed by atoms with Gasteiger partial charge in [-0.05, 0) is 29.8 Å². The zero-order valence-corrected chi connectivity index (χ0v) is 16.4. The molecule has 0 aliphatic carbocycles. The lowest BCUT2D eigenvalue weighted by Gasteiger charge is -2.04. The monoisotopic (exact) mass is 423 g/mol. The van der Waals surface area contributed by atoms with Gasteiger partial charge in [-0.15, -0.1) is 0 Å². The Kier molecular flexibility index (Phi) is 3.94. The highest BCUT2D eigenvalue weighted by Crippen LogP contribution is 2.33. The Hall–Kier alpha value is -4.66. The topological polar surface area (TPSA) is 116 Å². The number of para-hydroxylation sites is 1. The van der Waals surface area contributed by atoms with Gasteiger partial charge in [0.1, 0.15) is 23.0 Å². The van der Waals surface area contributed by atoms with Gasteiger partial charge in [0.15, 0.2) is 5.82 Å². The number of aromatic amines is 2. The molecule has 32 heavy (non-hydrogen) atoms. The maximum absolute atomic E-state index is 13.9. The van der Waals surface area contributed by atoms with Crippen molar-refractivity contribution in [2.75, 3.05) is 0 Å². The second kappa shape index (κ2) is 6.95. The minimum atomic E-state index is -0.518. The highest BCUT2D eigenvalue weighted by molar-refractivity contribution is 5.97. The number of halogens is 1. The third-order valence-electron chi connectivity index (χ3n) is 5.20. The molecule has 6 aromatic rings. The summed E-state index contributed by atoms with van der Waals surface area (Å²) in [6.45, 7) is 0. The second-order valence-corrected chi connectivity index (χ2v) is 7.26. The molecular formula is C23H14FN7O. The number of phenolic OH excluding ortho intramolecular Hbond substituents is 1. The number of aromatic nitrogens is 7. The minimum Gasteiger partial charge on any atom is -0.508 e. The van der Waals surface area contributed by atoms with Gasteiger partial charge in [-0.2, -0.15) is 5.10 Å². The van der Waals surface area contributed by atoms with Crippen molar-refractivity contribution in [1.29, 1.82) is 0 Å². The first-order chi connectivity index (χ1) is 15.7. The summed E-state index contributed by atoms with van der Waals surface area (Å²) in [6, 6.07) is 11.4. The molecule has 4 aromatic heterocycles. The van der Waals surface area contributed by atoms with E-state index in [0.29, 0.717) is 39.5 Å². The average molecular weight is 423 g/mol. The molecule has 4 heterocycles. The molecule has 0 saturated carbocycles. The predicted molar refractivity (Wildman–Crippen MR) is 117 cm³/mol. The maximum atomic E-state index is 13.9. The van der Waals surface area contributed by atoms with Crippen LogP contribution in [0.5, 0.6) is 5.75 Å². The van der Waals surface area contributed by atoms with Gasteiger partial charge < -0.3 is 10.1 Å². The quantitative estimate of drug-likeness (QED) is 0.387. The number of imidazole rings is 1. The first kappa shape index (κ1) is 18.1. The zero-order chi connectivity index (χ0) is 21.7. The van der Waals surface area contributed by atoms with Gasteiger partial charge in [-0.1, -0.05) is 12.1 Å². The summed E-state index contributed by atoms with van der Waals surface area (Å²) in [5.41, 5.74) is 5.33. The zero-order valence-electron chi connectivity index (χ0n) is 16.4. The van der Waals surface area contributed by atoms with Crippen LogP contribution in [0.1, 0.15) is 0 Å². The van der Waals surface area contributed by atoms with Crippen LogP contribution < -0.4 is 0 Å². The van der Waals surface area contributed by atoms with Gasteiger partial charge in [-0.25, -0.2) is 9.37 Å². The third kappa shape index (κ3) is 2.95. The highest BCUT2D eigenvalue weighted by Gasteiger charge is 2.17. The number of phenols is 1. The van der Waals surface area contributed by atoms with E-state index in [2.05, 4.69) is 30.1 Å². The van der Waals surface area contributed by atoms with Crippen LogP contribution >= 0.6 is 0 Å². The van der Waals surface area contributed by atoms with E-state index in [-0.39, 0.29) is 5.75 Å². The number of pyridine rings is 1. The summed E-state index contributed by atoms with van der Waals surface area (Å²) in [5, 5.41) is 18.1. The molecule has 8 nitrogen and oxygen atoms in total. The van der Waals surface area contributed by atoms with Crippen LogP contribution in [0.3, 0.4) is 0 Å². The number of nitrogens with zero attached hydrogens (tertiary/aromatic N) is 5. The summed E-state index contributed by atoms with van der Waals surface area (Å²) in [7, 11) is 0. The molecule has 0 bridgehead atoms. The molecule has 3 N–H and O–H groups in total. The molecule has 0 saturated heterocycles. The van der Waals surface area contributed by atoms with Crippen LogP contribution in [0.25, 0.3) is 56.0 Å². The lowest BCUT2D eigenvalue weighted by molar-refractivity contribution is 0.469. The van der Waals surface area contributed by atoms with Crippen molar-refractivity contribution in [3.05, 3.63) is 73.1 Å². The van der Waals surface area contributed by atoms with Crippen molar-refractivity contribution in [3.63, 3.8) is 0 Å². The number of hydrogen-bond donors (Lipinski definition) is 3. The van der Waals surface area contributed by atoms with Crippen molar-refractivity contribution in [2.24, 2.45) is 0 Å². The molecule has 0 radical (unpaired) electrons. The van der Waals surface area contributed by atoms with Crippen LogP contribution in [0.2, 0.25) is 0 Å². The smallest absolute Gasteiger partial charge is 0.159 e. The largest absolute Gasteiger partial charge is 0.508 e. The van der Waals surface area contributed by atoms with E-state index >= 15 is 0 Å². The first-order valence-corrected chi connectivity index (χ1v) is 9.75. The van der Waals surface area contributed by atoms with Gasteiger partial charge in [0.25, 0.3) is 0 Å². The van der Waals surface area contributed by atoms with Gasteiger partial charge in [0, 0.05) is 29.4 Å². The highest BCUT2D eigenvalue weighted by atomic mass is 19.1. The Morgan fingerprint density at radius 3 is 2.69 bits per heavy atom. The van der Waals surface area contributed by atoms with Crippen LogP contribution in [-0.4, -0.2) is 40.2 Å². The molecule has 2 aromatic carbocycles. The summed E-state index contributed by atoms with van der Waals surface area (Å²) in [5.74, 6) is -0.110. The fraction of sp³-hybridized carbons (Fsp3) is 0. The van der Waals surface area contributed by atoms with E-state index in [0.717, 1.165) is 22.5 Å². The molecular weight excluding hydrogens is 409 g/mol. The average Bonchev–Trinajstić information content (AvgIpc) is 3.42. The minimum absolute atomic E-state index is 0.143. The normalized spacial score (nSPS) is 11.4. The van der Waals surface area contributed by atoms with Crippen molar-refractivity contribution >= 4 is 21.9 Å². The number of fused-ring (bicyclic) bond motifs is 2. The van der Waals surface area contributed by atoms with Crippen LogP contribution in [0.4, 0.5) is 4.39 Å². The Balaban J connectivity index is 1.52. The summed E-state index contributed by atoms with van der Waals surface area (Å²) in [4.78, 5) is 20.9. The molecule has 0 fully saturated rings. The number of hydrogen-bond acceptors (Lipinski definition) is 6. The number of rotatable bonds is 3. The molecule has 6 rings (SSSR count). The van der Waals surface area contributed by atoms with Gasteiger partial charge in [-0.3, -0.25) is 20.1 Å². The van der Waals surface area contributed by atoms with Crippen molar-refractivity contribution in [3.8, 4) is 39.8 Å². The van der Waals surface area contributed by atoms with E-state index in [4.69, 9.17) is 4.98 Å². The molecule has 0 aliphatic heterocycles. The Labute approximate surface area is 179 Å². The van der Waals surface area contributed by atoms with Crippen LogP contribution in [0.15, 0.2) is 67.3 Å². The molecule has 0 unspecified atom stereocenters. The fourth-order valence-corrected chi connectivity index (χ4v) is 3.78. The first-order valence-electron chi connectivity index (χ1n) is 9.75. The molecule has 9 heteroatoms. The Bertz CT molecular complexity index is 1590. The van der Waals surface area contributed by atoms with Gasteiger partial charge in [0.2, 0.25) is 0 Å². The predicted octanol–water partition coefficient (Wildman–Crippen LogP) is 4.47. The SMILES string of the molecule is Oc1cc(F)cc(-c2cccc3[nH]c(-c4n[nH]c5cnc(-c6cnccn6)cc45)nc23)c1. The summed E-state index contributed by atoms with van der Waals surface area (Å²) < 4.78 is 13.9. The Morgan fingerprint density at radius 2 is 1.84 bits per heavy atom. The number of H-pyrrole nitrogens is 2. The molecule has 0 amide bonds. The Morgan fingerprint density at radius 1 is 0.906 bits per heavy atom. The number of benzene rings is 2.